The maximum atomic E-state index is 13.2. The van der Waals surface area contributed by atoms with Crippen LogP contribution in [0, 0.1) is 46.8 Å². The molecule has 2 unspecified atom stereocenters. The second-order valence-corrected chi connectivity index (χ2v) is 12.8. The summed E-state index contributed by atoms with van der Waals surface area (Å²) < 4.78 is 6.38. The van der Waals surface area contributed by atoms with Crippen LogP contribution in [0.25, 0.3) is 0 Å². The number of carbonyl (C=O) groups excluding carboxylic acids is 2. The molecule has 3 nitrogen and oxygen atoms in total. The van der Waals surface area contributed by atoms with Crippen molar-refractivity contribution in [2.24, 2.45) is 46.8 Å². The van der Waals surface area contributed by atoms with E-state index in [1.807, 2.05) is 6.08 Å². The van der Waals surface area contributed by atoms with Crippen LogP contribution in [0.3, 0.4) is 0 Å². The van der Waals surface area contributed by atoms with Gasteiger partial charge in [0.2, 0.25) is 0 Å². The van der Waals surface area contributed by atoms with Crippen molar-refractivity contribution < 1.29 is 14.3 Å². The van der Waals surface area contributed by atoms with E-state index in [-0.39, 0.29) is 23.4 Å². The first-order valence-corrected chi connectivity index (χ1v) is 14.3. The zero-order valence-corrected chi connectivity index (χ0v) is 21.3. The molecule has 0 heterocycles. The Labute approximate surface area is 201 Å². The van der Waals surface area contributed by atoms with Gasteiger partial charge >= 0.3 is 5.97 Å². The van der Waals surface area contributed by atoms with Crippen LogP contribution in [0.15, 0.2) is 11.6 Å². The Kier molecular flexibility index (Phi) is 6.80. The van der Waals surface area contributed by atoms with Crippen molar-refractivity contribution in [1.29, 1.82) is 0 Å². The Morgan fingerprint density at radius 1 is 1.09 bits per heavy atom. The molecule has 0 aliphatic heterocycles. The molecule has 7 atom stereocenters. The van der Waals surface area contributed by atoms with E-state index in [0.717, 1.165) is 56.3 Å². The van der Waals surface area contributed by atoms with Gasteiger partial charge in [-0.2, -0.15) is 0 Å². The average molecular weight is 455 g/mol. The zero-order valence-electron chi connectivity index (χ0n) is 21.3. The topological polar surface area (TPSA) is 43.4 Å². The highest BCUT2D eigenvalue weighted by Crippen LogP contribution is 2.63. The minimum atomic E-state index is 0.116. The van der Waals surface area contributed by atoms with Gasteiger partial charge in [0.05, 0.1) is 5.92 Å². The van der Waals surface area contributed by atoms with Crippen molar-refractivity contribution in [3.8, 4) is 0 Å². The molecule has 5 aliphatic rings. The fraction of sp³-hybridized carbons (Fsp3) is 0.867. The smallest absolute Gasteiger partial charge is 0.309 e. The zero-order chi connectivity index (χ0) is 23.2. The lowest BCUT2D eigenvalue weighted by Crippen LogP contribution is -2.51. The summed E-state index contributed by atoms with van der Waals surface area (Å²) in [6.07, 6.45) is 18.2. The van der Waals surface area contributed by atoms with E-state index in [1.165, 1.54) is 56.9 Å². The Balaban J connectivity index is 1.23. The number of ether oxygens (including phenoxy) is 1. The van der Waals surface area contributed by atoms with Crippen LogP contribution in [0.1, 0.15) is 111 Å². The Hall–Kier alpha value is -1.12. The van der Waals surface area contributed by atoms with Gasteiger partial charge in [0, 0.05) is 11.8 Å². The fourth-order valence-electron chi connectivity index (χ4n) is 9.15. The number of carbonyl (C=O) groups is 2. The predicted molar refractivity (Wildman–Crippen MR) is 131 cm³/mol. The van der Waals surface area contributed by atoms with Gasteiger partial charge in [-0.15, -0.1) is 0 Å². The SMILES string of the molecule is CCCCC1CCC(C(=O)OC2CC[C@H]3[C@@H]4C(C)CC5=CC(=O)CC[C@@H]5[C@H]4CC[C@]23C)CC1. The molecule has 3 heteroatoms. The summed E-state index contributed by atoms with van der Waals surface area (Å²) in [7, 11) is 0. The molecule has 5 aliphatic carbocycles. The first kappa shape index (κ1) is 23.6. The minimum Gasteiger partial charge on any atom is -0.462 e. The van der Waals surface area contributed by atoms with Gasteiger partial charge in [-0.25, -0.2) is 0 Å². The third-order valence-electron chi connectivity index (χ3n) is 11.0. The lowest BCUT2D eigenvalue weighted by atomic mass is 9.49. The van der Waals surface area contributed by atoms with E-state index in [9.17, 15) is 9.59 Å². The van der Waals surface area contributed by atoms with Gasteiger partial charge in [-0.1, -0.05) is 45.6 Å². The molecule has 184 valence electrons. The van der Waals surface area contributed by atoms with Crippen molar-refractivity contribution in [1.82, 2.24) is 0 Å². The summed E-state index contributed by atoms with van der Waals surface area (Å²) >= 11 is 0. The van der Waals surface area contributed by atoms with E-state index >= 15 is 0 Å². The molecule has 0 N–H and O–H groups in total. The molecular formula is C30H46O3. The van der Waals surface area contributed by atoms with Gasteiger partial charge in [0.15, 0.2) is 5.78 Å². The van der Waals surface area contributed by atoms with E-state index in [0.29, 0.717) is 23.5 Å². The Morgan fingerprint density at radius 2 is 1.88 bits per heavy atom. The van der Waals surface area contributed by atoms with Gasteiger partial charge < -0.3 is 4.74 Å². The molecule has 0 saturated heterocycles. The van der Waals surface area contributed by atoms with Crippen molar-refractivity contribution in [3.63, 3.8) is 0 Å². The Morgan fingerprint density at radius 3 is 2.64 bits per heavy atom. The van der Waals surface area contributed by atoms with Gasteiger partial charge in [0.25, 0.3) is 0 Å². The monoisotopic (exact) mass is 454 g/mol. The normalized spacial score (nSPS) is 44.9. The quantitative estimate of drug-likeness (QED) is 0.410. The molecule has 0 amide bonds. The molecule has 0 aromatic rings. The highest BCUT2D eigenvalue weighted by atomic mass is 16.5. The molecule has 0 spiro atoms. The van der Waals surface area contributed by atoms with Crippen molar-refractivity contribution >= 4 is 11.8 Å². The number of unbranched alkanes of at least 4 members (excludes halogenated alkanes) is 1. The average Bonchev–Trinajstić information content (AvgIpc) is 3.13. The van der Waals surface area contributed by atoms with Crippen molar-refractivity contribution in [3.05, 3.63) is 11.6 Å². The van der Waals surface area contributed by atoms with Crippen LogP contribution >= 0.6 is 0 Å². The number of fused-ring (bicyclic) bond motifs is 5. The van der Waals surface area contributed by atoms with E-state index in [4.69, 9.17) is 4.74 Å². The van der Waals surface area contributed by atoms with Crippen LogP contribution in [0.4, 0.5) is 0 Å². The fourth-order valence-corrected chi connectivity index (χ4v) is 9.15. The number of hydrogen-bond acceptors (Lipinski definition) is 3. The number of esters is 1. The first-order chi connectivity index (χ1) is 15.9. The first-order valence-electron chi connectivity index (χ1n) is 14.3. The van der Waals surface area contributed by atoms with Crippen LogP contribution < -0.4 is 0 Å². The molecule has 0 aromatic heterocycles. The van der Waals surface area contributed by atoms with Crippen LogP contribution in [0.2, 0.25) is 0 Å². The second-order valence-electron chi connectivity index (χ2n) is 12.8. The number of allylic oxidation sites excluding steroid dienone is 1. The molecule has 5 rings (SSSR count). The van der Waals surface area contributed by atoms with Crippen molar-refractivity contribution in [2.45, 2.75) is 117 Å². The number of ketones is 1. The summed E-state index contributed by atoms with van der Waals surface area (Å²) in [4.78, 5) is 25.2. The van der Waals surface area contributed by atoms with Crippen molar-refractivity contribution in [2.75, 3.05) is 0 Å². The summed E-state index contributed by atoms with van der Waals surface area (Å²) in [5.41, 5.74) is 1.61. The molecular weight excluding hydrogens is 408 g/mol. The van der Waals surface area contributed by atoms with Crippen LogP contribution in [-0.4, -0.2) is 17.9 Å². The molecule has 0 aromatic carbocycles. The maximum absolute atomic E-state index is 13.2. The van der Waals surface area contributed by atoms with Gasteiger partial charge in [-0.3, -0.25) is 9.59 Å². The lowest BCUT2D eigenvalue weighted by Gasteiger charge is -2.55. The summed E-state index contributed by atoms with van der Waals surface area (Å²) in [6.45, 7) is 7.14. The molecule has 0 radical (unpaired) electrons. The summed E-state index contributed by atoms with van der Waals surface area (Å²) in [6, 6.07) is 0. The summed E-state index contributed by atoms with van der Waals surface area (Å²) in [5, 5.41) is 0. The lowest BCUT2D eigenvalue weighted by molar-refractivity contribution is -0.166. The maximum Gasteiger partial charge on any atom is 0.309 e. The van der Waals surface area contributed by atoms with E-state index < -0.39 is 0 Å². The predicted octanol–water partition coefficient (Wildman–Crippen LogP) is 7.28. The summed E-state index contributed by atoms with van der Waals surface area (Å²) in [5.74, 6) is 4.86. The van der Waals surface area contributed by atoms with E-state index in [1.54, 1.807) is 0 Å². The van der Waals surface area contributed by atoms with Gasteiger partial charge in [0.1, 0.15) is 6.10 Å². The minimum absolute atomic E-state index is 0.116. The van der Waals surface area contributed by atoms with Crippen LogP contribution in [0.5, 0.6) is 0 Å². The Bertz CT molecular complexity index is 775. The largest absolute Gasteiger partial charge is 0.462 e. The molecule has 4 fully saturated rings. The third kappa shape index (κ3) is 4.36. The third-order valence-corrected chi connectivity index (χ3v) is 11.0. The molecule has 4 saturated carbocycles. The molecule has 33 heavy (non-hydrogen) atoms. The second kappa shape index (κ2) is 9.50. The number of hydrogen-bond donors (Lipinski definition) is 0. The number of rotatable bonds is 5. The highest BCUT2D eigenvalue weighted by molar-refractivity contribution is 5.91. The van der Waals surface area contributed by atoms with Crippen LogP contribution in [-0.2, 0) is 14.3 Å². The van der Waals surface area contributed by atoms with E-state index in [2.05, 4.69) is 20.8 Å². The standard InChI is InChI=1S/C30H46O3/c1-4-5-6-20-7-9-21(10-8-20)29(32)33-27-14-13-26-28-19(2)17-22-18-23(31)11-12-24(22)25(28)15-16-30(26,27)3/h18-21,24-28H,4-17H2,1-3H3/t19?,20?,21?,24-,25+,26-,27?,28+,30-/m0/s1. The highest BCUT2D eigenvalue weighted by Gasteiger charge is 2.59. The molecule has 0 bridgehead atoms. The van der Waals surface area contributed by atoms with Gasteiger partial charge in [-0.05, 0) is 106 Å².